The molecule has 0 amide bonds. The first-order valence-electron chi connectivity index (χ1n) is 8.96. The Morgan fingerprint density at radius 3 is 2.86 bits per heavy atom. The number of fused-ring (bicyclic) bond motifs is 3. The van der Waals surface area contributed by atoms with E-state index in [2.05, 4.69) is 30.9 Å². The quantitative estimate of drug-likeness (QED) is 0.345. The Hall–Kier alpha value is -1.40. The summed E-state index contributed by atoms with van der Waals surface area (Å²) < 4.78 is 19.5. The van der Waals surface area contributed by atoms with Gasteiger partial charge in [0.1, 0.15) is 18.3 Å². The highest BCUT2D eigenvalue weighted by atomic mass is 79.9. The normalized spacial score (nSPS) is 30.3. The minimum Gasteiger partial charge on any atom is -0.386 e. The number of hydrogen-bond acceptors (Lipinski definition) is 8. The molecule has 3 aromatic rings. The summed E-state index contributed by atoms with van der Waals surface area (Å²) in [6.45, 7) is 6.18. The van der Waals surface area contributed by atoms with E-state index in [1.807, 2.05) is 20.8 Å². The second kappa shape index (κ2) is 6.55. The van der Waals surface area contributed by atoms with Gasteiger partial charge in [-0.2, -0.15) is 4.98 Å². The van der Waals surface area contributed by atoms with Crippen LogP contribution in [0.3, 0.4) is 0 Å². The molecule has 5 atom stereocenters. The Labute approximate surface area is 173 Å². The van der Waals surface area contributed by atoms with Crippen molar-refractivity contribution in [2.75, 3.05) is 6.61 Å². The molecular formula is C16H19BrN5O6P. The summed E-state index contributed by atoms with van der Waals surface area (Å²) in [5, 5.41) is 10.8. The van der Waals surface area contributed by atoms with Gasteiger partial charge in [-0.3, -0.25) is 9.36 Å². The van der Waals surface area contributed by atoms with Crippen molar-refractivity contribution < 1.29 is 23.8 Å². The smallest absolute Gasteiger partial charge is 0.330 e. The molecule has 0 aromatic carbocycles. The maximum absolute atomic E-state index is 13.0. The van der Waals surface area contributed by atoms with Gasteiger partial charge < -0.3 is 28.8 Å². The van der Waals surface area contributed by atoms with Crippen LogP contribution in [0.4, 0.5) is 0 Å². The molecule has 0 bridgehead atoms. The van der Waals surface area contributed by atoms with E-state index in [4.69, 9.17) is 13.8 Å². The average molecular weight is 488 g/mol. The number of ether oxygens (including phenoxy) is 1. The molecule has 0 radical (unpaired) electrons. The van der Waals surface area contributed by atoms with Crippen LogP contribution in [0.1, 0.15) is 32.7 Å². The van der Waals surface area contributed by atoms with Crippen molar-refractivity contribution >= 4 is 41.5 Å². The number of rotatable bonds is 1. The Kier molecular flexibility index (Phi) is 4.42. The van der Waals surface area contributed by atoms with Crippen LogP contribution in [0.5, 0.6) is 0 Å². The first-order chi connectivity index (χ1) is 13.6. The van der Waals surface area contributed by atoms with Crippen molar-refractivity contribution in [3.63, 3.8) is 0 Å². The second-order valence-electron chi connectivity index (χ2n) is 8.11. The minimum atomic E-state index is -2.06. The molecule has 13 heteroatoms. The molecule has 29 heavy (non-hydrogen) atoms. The zero-order chi connectivity index (χ0) is 20.7. The molecular weight excluding hydrogens is 469 g/mol. The summed E-state index contributed by atoms with van der Waals surface area (Å²) in [4.78, 5) is 34.7. The molecule has 3 aromatic heterocycles. The second-order valence-corrected chi connectivity index (χ2v) is 9.76. The number of halogens is 1. The lowest BCUT2D eigenvalue weighted by molar-refractivity contribution is -0.0594. The summed E-state index contributed by atoms with van der Waals surface area (Å²) in [7, 11) is -2.06. The molecule has 0 aliphatic carbocycles. The number of hydrogen-bond donors (Lipinski definition) is 3. The molecule has 3 unspecified atom stereocenters. The molecule has 3 N–H and O–H groups in total. The van der Waals surface area contributed by atoms with Crippen LogP contribution in [-0.4, -0.2) is 58.8 Å². The van der Waals surface area contributed by atoms with Crippen molar-refractivity contribution in [2.24, 2.45) is 0 Å². The Morgan fingerprint density at radius 1 is 1.38 bits per heavy atom. The molecule has 156 valence electrons. The van der Waals surface area contributed by atoms with Gasteiger partial charge in [0.25, 0.3) is 5.56 Å². The number of aromatic nitrogens is 5. The highest BCUT2D eigenvalue weighted by molar-refractivity contribution is 9.10. The molecule has 0 saturated carbocycles. The summed E-state index contributed by atoms with van der Waals surface area (Å²) in [5.41, 5.74) is 0.722. The van der Waals surface area contributed by atoms with E-state index >= 15 is 0 Å². The van der Waals surface area contributed by atoms with Crippen LogP contribution in [0, 0.1) is 0 Å². The van der Waals surface area contributed by atoms with Gasteiger partial charge in [0.05, 0.1) is 6.61 Å². The number of imidazole rings is 2. The molecule has 5 rings (SSSR count). The number of nitrogens with one attached hydrogen (secondary N) is 1. The zero-order valence-corrected chi connectivity index (χ0v) is 18.2. The highest BCUT2D eigenvalue weighted by Crippen LogP contribution is 2.47. The first-order valence-corrected chi connectivity index (χ1v) is 10.9. The van der Waals surface area contributed by atoms with Crippen LogP contribution in [0.15, 0.2) is 15.7 Å². The third-order valence-corrected chi connectivity index (χ3v) is 6.50. The largest absolute Gasteiger partial charge is 0.386 e. The van der Waals surface area contributed by atoms with Gasteiger partial charge in [-0.15, -0.1) is 0 Å². The van der Waals surface area contributed by atoms with Crippen molar-refractivity contribution in [1.82, 2.24) is 23.9 Å². The molecule has 2 saturated heterocycles. The molecule has 11 nitrogen and oxygen atoms in total. The molecule has 2 fully saturated rings. The average Bonchev–Trinajstić information content (AvgIpc) is 3.30. The van der Waals surface area contributed by atoms with Gasteiger partial charge in [0, 0.05) is 17.3 Å². The van der Waals surface area contributed by atoms with Gasteiger partial charge in [-0.25, -0.2) is 9.38 Å². The van der Waals surface area contributed by atoms with Crippen molar-refractivity contribution in [2.45, 2.75) is 50.7 Å². The lowest BCUT2D eigenvalue weighted by atomic mass is 9.93. The van der Waals surface area contributed by atoms with Gasteiger partial charge in [0.15, 0.2) is 22.1 Å². The summed E-state index contributed by atoms with van der Waals surface area (Å²) >= 11 is 3.34. The molecule has 2 aliphatic heterocycles. The van der Waals surface area contributed by atoms with Crippen LogP contribution in [-0.2, 0) is 19.2 Å². The fourth-order valence-corrected chi connectivity index (χ4v) is 4.93. The SMILES string of the molecule is CC(C)(C)c1cn2c(=O)c3nc(Br)n([C@@H]4OC5COP(O)O[C@H]5C4O)c3nc2[nH]1. The fourth-order valence-electron chi connectivity index (χ4n) is 3.58. The lowest BCUT2D eigenvalue weighted by Gasteiger charge is -2.27. The Balaban J connectivity index is 1.66. The third-order valence-electron chi connectivity index (χ3n) is 5.14. The van der Waals surface area contributed by atoms with Crippen molar-refractivity contribution in [1.29, 1.82) is 0 Å². The van der Waals surface area contributed by atoms with Gasteiger partial charge in [-0.05, 0) is 15.9 Å². The maximum Gasteiger partial charge on any atom is 0.330 e. The van der Waals surface area contributed by atoms with Crippen molar-refractivity contribution in [3.8, 4) is 0 Å². The number of H-pyrrole nitrogens is 1. The number of aliphatic hydroxyl groups is 1. The fraction of sp³-hybridized carbons (Fsp3) is 0.562. The summed E-state index contributed by atoms with van der Waals surface area (Å²) in [6, 6.07) is 0. The summed E-state index contributed by atoms with van der Waals surface area (Å²) in [6.07, 6.45) is -1.61. The van der Waals surface area contributed by atoms with Gasteiger partial charge >= 0.3 is 8.60 Å². The predicted octanol–water partition coefficient (Wildman–Crippen LogP) is 1.33. The Bertz CT molecular complexity index is 1170. The van der Waals surface area contributed by atoms with E-state index in [9.17, 15) is 14.8 Å². The van der Waals surface area contributed by atoms with Gasteiger partial charge in [0.2, 0.25) is 5.78 Å². The topological polar surface area (TPSA) is 136 Å². The lowest BCUT2D eigenvalue weighted by Crippen LogP contribution is -2.38. The van der Waals surface area contributed by atoms with Crippen LogP contribution < -0.4 is 5.56 Å². The van der Waals surface area contributed by atoms with E-state index in [-0.39, 0.29) is 33.5 Å². The maximum atomic E-state index is 13.0. The minimum absolute atomic E-state index is 0.0938. The van der Waals surface area contributed by atoms with E-state index in [1.165, 1.54) is 8.97 Å². The monoisotopic (exact) mass is 487 g/mol. The molecule has 0 spiro atoms. The molecule has 2 aliphatic rings. The summed E-state index contributed by atoms with van der Waals surface area (Å²) in [5.74, 6) is 0.365. The van der Waals surface area contributed by atoms with E-state index in [0.29, 0.717) is 5.78 Å². The van der Waals surface area contributed by atoms with Crippen molar-refractivity contribution in [3.05, 3.63) is 27.0 Å². The van der Waals surface area contributed by atoms with E-state index < -0.39 is 33.1 Å². The zero-order valence-electron chi connectivity index (χ0n) is 15.7. The number of aromatic amines is 1. The van der Waals surface area contributed by atoms with Crippen LogP contribution in [0.2, 0.25) is 0 Å². The van der Waals surface area contributed by atoms with Gasteiger partial charge in [-0.1, -0.05) is 20.8 Å². The van der Waals surface area contributed by atoms with Crippen LogP contribution >= 0.6 is 24.5 Å². The predicted molar refractivity (Wildman–Crippen MR) is 105 cm³/mol. The highest BCUT2D eigenvalue weighted by Gasteiger charge is 2.50. The molecule has 5 heterocycles. The van der Waals surface area contributed by atoms with E-state index in [0.717, 1.165) is 5.69 Å². The number of aliphatic hydroxyl groups excluding tert-OH is 1. The van der Waals surface area contributed by atoms with Crippen LogP contribution in [0.25, 0.3) is 16.9 Å². The standard InChI is InChI=1S/C16H19BrN5O6P/c1-16(2,3)7-4-21-12(24)8-11(20-15(21)18-7)22(14(17)19-8)13-9(23)10-6(27-13)5-26-29(25)28-10/h4,6,9-10,13,23,25H,5H2,1-3H3,(H,18,20)/t6?,9?,10-,13-,29?/m1/s1. The van der Waals surface area contributed by atoms with E-state index in [1.54, 1.807) is 6.20 Å². The first kappa shape index (κ1) is 19.6. The number of nitrogens with zero attached hydrogens (tertiary/aromatic N) is 4. The third kappa shape index (κ3) is 2.97. The Morgan fingerprint density at radius 2 is 2.14 bits per heavy atom.